The van der Waals surface area contributed by atoms with Gasteiger partial charge in [-0.05, 0) is 59.0 Å². The minimum atomic E-state index is -0.391. The van der Waals surface area contributed by atoms with Gasteiger partial charge in [0.15, 0.2) is 0 Å². The number of amides is 1. The first-order chi connectivity index (χ1) is 7.97. The van der Waals surface area contributed by atoms with Crippen molar-refractivity contribution in [1.29, 1.82) is 0 Å². The predicted octanol–water partition coefficient (Wildman–Crippen LogP) is 2.00. The summed E-state index contributed by atoms with van der Waals surface area (Å²) in [5.41, 5.74) is -0.391. The number of hydrogen-bond acceptors (Lipinski definition) is 3. The van der Waals surface area contributed by atoms with E-state index in [1.807, 2.05) is 25.7 Å². The molecule has 0 radical (unpaired) electrons. The number of carbonyl (C=O) groups is 1. The first kappa shape index (κ1) is 12.7. The van der Waals surface area contributed by atoms with Crippen LogP contribution in [0.2, 0.25) is 0 Å². The van der Waals surface area contributed by atoms with Crippen molar-refractivity contribution in [3.8, 4) is 0 Å². The van der Waals surface area contributed by atoms with Gasteiger partial charge in [0, 0.05) is 12.6 Å². The quantitative estimate of drug-likeness (QED) is 0.704. The Balaban J connectivity index is 1.99. The molecule has 2 saturated heterocycles. The van der Waals surface area contributed by atoms with Gasteiger partial charge in [0.05, 0.1) is 0 Å². The van der Waals surface area contributed by atoms with Crippen LogP contribution in [0.3, 0.4) is 0 Å². The van der Waals surface area contributed by atoms with Crippen LogP contribution in [0.15, 0.2) is 0 Å². The highest BCUT2D eigenvalue weighted by molar-refractivity contribution is 5.69. The van der Waals surface area contributed by atoms with Gasteiger partial charge >= 0.3 is 6.09 Å². The molecule has 0 saturated carbocycles. The van der Waals surface area contributed by atoms with Gasteiger partial charge in [0.2, 0.25) is 0 Å². The van der Waals surface area contributed by atoms with Gasteiger partial charge in [-0.15, -0.1) is 0 Å². The lowest BCUT2D eigenvalue weighted by Gasteiger charge is -2.29. The number of likely N-dealkylation sites (tertiary alicyclic amines) is 1. The second-order valence-corrected chi connectivity index (χ2v) is 6.12. The molecule has 0 unspecified atom stereocenters. The average molecular weight is 240 g/mol. The highest BCUT2D eigenvalue weighted by Crippen LogP contribution is 2.31. The molecule has 2 aliphatic rings. The van der Waals surface area contributed by atoms with Crippen molar-refractivity contribution in [3.63, 3.8) is 0 Å². The first-order valence-electron chi connectivity index (χ1n) is 6.68. The van der Waals surface area contributed by atoms with E-state index in [1.54, 1.807) is 0 Å². The van der Waals surface area contributed by atoms with E-state index in [-0.39, 0.29) is 6.09 Å². The summed E-state index contributed by atoms with van der Waals surface area (Å²) < 4.78 is 5.48. The fourth-order valence-corrected chi connectivity index (χ4v) is 2.86. The van der Waals surface area contributed by atoms with Gasteiger partial charge in [-0.1, -0.05) is 0 Å². The topological polar surface area (TPSA) is 41.6 Å². The Morgan fingerprint density at radius 3 is 2.65 bits per heavy atom. The smallest absolute Gasteiger partial charge is 0.410 e. The summed E-state index contributed by atoms with van der Waals surface area (Å²) in [5.74, 6) is 0.664. The predicted molar refractivity (Wildman–Crippen MR) is 66.9 cm³/mol. The average Bonchev–Trinajstić information content (AvgIpc) is 2.46. The van der Waals surface area contributed by atoms with Crippen molar-refractivity contribution in [3.05, 3.63) is 0 Å². The molecule has 1 N–H and O–H groups in total. The highest BCUT2D eigenvalue weighted by atomic mass is 16.6. The molecule has 17 heavy (non-hydrogen) atoms. The number of fused-ring (bicyclic) bond motifs is 1. The standard InChI is InChI=1S/C13H24N2O2/c1-13(2,3)17-12(16)15-9-6-10-4-7-14-8-5-11(10)15/h10-11,14H,4-9H2,1-3H3/t10-,11+/m1/s1. The zero-order chi connectivity index (χ0) is 12.5. The molecule has 1 amide bonds. The number of hydrogen-bond donors (Lipinski definition) is 1. The summed E-state index contributed by atoms with van der Waals surface area (Å²) in [6.07, 6.45) is 3.24. The number of ether oxygens (including phenoxy) is 1. The van der Waals surface area contributed by atoms with E-state index in [2.05, 4.69) is 5.32 Å². The molecule has 2 atom stereocenters. The lowest BCUT2D eigenvalue weighted by Crippen LogP contribution is -2.41. The van der Waals surface area contributed by atoms with Crippen LogP contribution < -0.4 is 5.32 Å². The number of rotatable bonds is 0. The molecule has 4 heteroatoms. The molecule has 0 bridgehead atoms. The van der Waals surface area contributed by atoms with Crippen LogP contribution in [-0.4, -0.2) is 42.3 Å². The van der Waals surface area contributed by atoms with Crippen LogP contribution in [0, 0.1) is 5.92 Å². The molecule has 98 valence electrons. The maximum Gasteiger partial charge on any atom is 0.410 e. The third-order valence-electron chi connectivity index (χ3n) is 3.62. The van der Waals surface area contributed by atoms with Crippen molar-refractivity contribution in [2.45, 2.75) is 51.7 Å². The lowest BCUT2D eigenvalue weighted by atomic mass is 9.96. The second-order valence-electron chi connectivity index (χ2n) is 6.12. The largest absolute Gasteiger partial charge is 0.444 e. The van der Waals surface area contributed by atoms with Crippen LogP contribution >= 0.6 is 0 Å². The van der Waals surface area contributed by atoms with E-state index in [4.69, 9.17) is 4.74 Å². The van der Waals surface area contributed by atoms with Gasteiger partial charge in [0.1, 0.15) is 5.60 Å². The van der Waals surface area contributed by atoms with E-state index in [9.17, 15) is 4.79 Å². The maximum atomic E-state index is 12.1. The van der Waals surface area contributed by atoms with Crippen LogP contribution in [-0.2, 0) is 4.74 Å². The minimum Gasteiger partial charge on any atom is -0.444 e. The van der Waals surface area contributed by atoms with Gasteiger partial charge in [0.25, 0.3) is 0 Å². The molecule has 2 heterocycles. The lowest BCUT2D eigenvalue weighted by molar-refractivity contribution is 0.0204. The first-order valence-corrected chi connectivity index (χ1v) is 6.68. The van der Waals surface area contributed by atoms with E-state index in [0.29, 0.717) is 12.0 Å². The molecule has 0 aromatic carbocycles. The van der Waals surface area contributed by atoms with Gasteiger partial charge in [-0.2, -0.15) is 0 Å². The van der Waals surface area contributed by atoms with Crippen LogP contribution in [0.25, 0.3) is 0 Å². The van der Waals surface area contributed by atoms with Crippen molar-refractivity contribution in [2.24, 2.45) is 5.92 Å². The number of nitrogens with one attached hydrogen (secondary N) is 1. The Kier molecular flexibility index (Phi) is 3.61. The molecule has 4 nitrogen and oxygen atoms in total. The number of carbonyl (C=O) groups excluding carboxylic acids is 1. The summed E-state index contributed by atoms with van der Waals surface area (Å²) in [7, 11) is 0. The van der Waals surface area contributed by atoms with Crippen molar-refractivity contribution < 1.29 is 9.53 Å². The van der Waals surface area contributed by atoms with Crippen molar-refractivity contribution >= 4 is 6.09 Å². The molecule has 0 aliphatic carbocycles. The fourth-order valence-electron chi connectivity index (χ4n) is 2.86. The third-order valence-corrected chi connectivity index (χ3v) is 3.62. The molecular formula is C13H24N2O2. The summed E-state index contributed by atoms with van der Waals surface area (Å²) in [6.45, 7) is 8.74. The Bertz CT molecular complexity index is 286. The van der Waals surface area contributed by atoms with Gasteiger partial charge in [-0.25, -0.2) is 4.79 Å². The van der Waals surface area contributed by atoms with E-state index >= 15 is 0 Å². The third kappa shape index (κ3) is 3.12. The summed E-state index contributed by atoms with van der Waals surface area (Å²) in [5, 5.41) is 3.40. The van der Waals surface area contributed by atoms with Crippen LogP contribution in [0.1, 0.15) is 40.0 Å². The summed E-state index contributed by atoms with van der Waals surface area (Å²) in [4.78, 5) is 14.1. The van der Waals surface area contributed by atoms with Crippen LogP contribution in [0.5, 0.6) is 0 Å². The maximum absolute atomic E-state index is 12.1. The normalized spacial score (nSPS) is 29.7. The van der Waals surface area contributed by atoms with E-state index < -0.39 is 5.60 Å². The summed E-state index contributed by atoms with van der Waals surface area (Å²) >= 11 is 0. The molecule has 0 aromatic heterocycles. The van der Waals surface area contributed by atoms with Crippen molar-refractivity contribution in [1.82, 2.24) is 10.2 Å². The zero-order valence-corrected chi connectivity index (χ0v) is 11.2. The minimum absolute atomic E-state index is 0.132. The summed E-state index contributed by atoms with van der Waals surface area (Å²) in [6, 6.07) is 0.389. The molecular weight excluding hydrogens is 216 g/mol. The Morgan fingerprint density at radius 2 is 1.94 bits per heavy atom. The molecule has 2 aliphatic heterocycles. The van der Waals surface area contributed by atoms with Gasteiger partial charge in [-0.3, -0.25) is 0 Å². The SMILES string of the molecule is CC(C)(C)OC(=O)N1CC[C@H]2CCNCC[C@@H]21. The highest BCUT2D eigenvalue weighted by Gasteiger charge is 2.38. The number of nitrogens with zero attached hydrogens (tertiary/aromatic N) is 1. The molecule has 2 rings (SSSR count). The van der Waals surface area contributed by atoms with Crippen molar-refractivity contribution in [2.75, 3.05) is 19.6 Å². The molecule has 0 spiro atoms. The van der Waals surface area contributed by atoms with E-state index in [0.717, 1.165) is 32.5 Å². The Labute approximate surface area is 104 Å². The van der Waals surface area contributed by atoms with Gasteiger partial charge < -0.3 is 15.0 Å². The Morgan fingerprint density at radius 1 is 1.24 bits per heavy atom. The monoisotopic (exact) mass is 240 g/mol. The van der Waals surface area contributed by atoms with E-state index in [1.165, 1.54) is 6.42 Å². The molecule has 0 aromatic rings. The molecule has 2 fully saturated rings. The zero-order valence-electron chi connectivity index (χ0n) is 11.2. The second kappa shape index (κ2) is 4.84. The van der Waals surface area contributed by atoms with Crippen LogP contribution in [0.4, 0.5) is 4.79 Å². The Hall–Kier alpha value is -0.770. The fraction of sp³-hybridized carbons (Fsp3) is 0.923.